The number of ether oxygens (including phenoxy) is 2. The number of ketones is 1. The summed E-state index contributed by atoms with van der Waals surface area (Å²) in [5, 5.41) is 3.13. The van der Waals surface area contributed by atoms with E-state index in [-0.39, 0.29) is 18.1 Å². The van der Waals surface area contributed by atoms with Gasteiger partial charge in [0.05, 0.1) is 25.3 Å². The number of methoxy groups -OCH3 is 2. The number of benzene rings is 1. The molecule has 2 aromatic rings. The highest BCUT2D eigenvalue weighted by molar-refractivity contribution is 7.17. The minimum absolute atomic E-state index is 0.0656. The number of hydrogen-bond acceptors (Lipinski definition) is 6. The van der Waals surface area contributed by atoms with Crippen molar-refractivity contribution in [3.63, 3.8) is 0 Å². The van der Waals surface area contributed by atoms with Crippen molar-refractivity contribution in [3.05, 3.63) is 34.8 Å². The summed E-state index contributed by atoms with van der Waals surface area (Å²) in [6.45, 7) is 1.47. The molecule has 0 saturated heterocycles. The molecule has 1 heterocycles. The minimum atomic E-state index is -0.167. The number of para-hydroxylation sites is 1. The molecule has 0 atom stereocenters. The van der Waals surface area contributed by atoms with Crippen LogP contribution in [-0.2, 0) is 11.2 Å². The van der Waals surface area contributed by atoms with E-state index in [1.165, 1.54) is 24.5 Å². The molecule has 1 aromatic heterocycles. The van der Waals surface area contributed by atoms with E-state index in [0.717, 1.165) is 5.56 Å². The van der Waals surface area contributed by atoms with Crippen LogP contribution in [0.3, 0.4) is 0 Å². The van der Waals surface area contributed by atoms with Crippen LogP contribution in [0.15, 0.2) is 24.4 Å². The smallest absolute Gasteiger partial charge is 0.226 e. The molecule has 2 rings (SSSR count). The fourth-order valence-electron chi connectivity index (χ4n) is 2.08. The highest BCUT2D eigenvalue weighted by Gasteiger charge is 2.13. The van der Waals surface area contributed by atoms with Crippen LogP contribution in [0.4, 0.5) is 5.13 Å². The highest BCUT2D eigenvalue weighted by Crippen LogP contribution is 2.31. The maximum absolute atomic E-state index is 12.0. The molecule has 7 heteroatoms. The number of thiazole rings is 1. The lowest BCUT2D eigenvalue weighted by molar-refractivity contribution is -0.116. The molecule has 0 fully saturated rings. The molecule has 23 heavy (non-hydrogen) atoms. The van der Waals surface area contributed by atoms with Gasteiger partial charge in [0.15, 0.2) is 22.4 Å². The zero-order valence-corrected chi connectivity index (χ0v) is 14.0. The molecular formula is C16H18N2O4S. The van der Waals surface area contributed by atoms with Gasteiger partial charge < -0.3 is 14.8 Å². The van der Waals surface area contributed by atoms with E-state index in [0.29, 0.717) is 27.9 Å². The van der Waals surface area contributed by atoms with Crippen molar-refractivity contribution in [2.45, 2.75) is 19.8 Å². The molecular weight excluding hydrogens is 316 g/mol. The summed E-state index contributed by atoms with van der Waals surface area (Å²) in [5.41, 5.74) is 0.894. The van der Waals surface area contributed by atoms with Gasteiger partial charge in [-0.05, 0) is 18.1 Å². The van der Waals surface area contributed by atoms with Crippen molar-refractivity contribution in [3.8, 4) is 11.5 Å². The number of amides is 1. The van der Waals surface area contributed by atoms with E-state index in [2.05, 4.69) is 10.3 Å². The predicted octanol–water partition coefficient (Wildman–Crippen LogP) is 2.93. The molecule has 0 bridgehead atoms. The first kappa shape index (κ1) is 17.0. The summed E-state index contributed by atoms with van der Waals surface area (Å²) >= 11 is 1.17. The molecule has 1 N–H and O–H groups in total. The summed E-state index contributed by atoms with van der Waals surface area (Å²) in [7, 11) is 3.14. The first-order valence-corrected chi connectivity index (χ1v) is 7.83. The molecule has 1 amide bonds. The third kappa shape index (κ3) is 4.29. The van der Waals surface area contributed by atoms with Crippen molar-refractivity contribution in [1.29, 1.82) is 0 Å². The number of nitrogens with one attached hydrogen (secondary N) is 1. The Kier molecular flexibility index (Phi) is 5.70. The van der Waals surface area contributed by atoms with Gasteiger partial charge in [-0.1, -0.05) is 23.5 Å². The number of anilines is 1. The SMILES string of the molecule is COc1cccc(CCC(=O)Nc2ncc(C(C)=O)s2)c1OC. The largest absolute Gasteiger partial charge is 0.493 e. The molecule has 0 saturated carbocycles. The topological polar surface area (TPSA) is 77.5 Å². The minimum Gasteiger partial charge on any atom is -0.493 e. The Labute approximate surface area is 138 Å². The van der Waals surface area contributed by atoms with Crippen LogP contribution in [0, 0.1) is 0 Å². The summed E-state index contributed by atoms with van der Waals surface area (Å²) < 4.78 is 10.6. The molecule has 0 aliphatic heterocycles. The summed E-state index contributed by atoms with van der Waals surface area (Å²) in [6.07, 6.45) is 2.25. The van der Waals surface area contributed by atoms with Gasteiger partial charge in [0.2, 0.25) is 5.91 Å². The number of rotatable bonds is 7. The van der Waals surface area contributed by atoms with Gasteiger partial charge in [0, 0.05) is 13.3 Å². The van der Waals surface area contributed by atoms with Crippen LogP contribution in [0.5, 0.6) is 11.5 Å². The van der Waals surface area contributed by atoms with Crippen molar-refractivity contribution < 1.29 is 19.1 Å². The molecule has 0 radical (unpaired) electrons. The summed E-state index contributed by atoms with van der Waals surface area (Å²) in [4.78, 5) is 27.8. The van der Waals surface area contributed by atoms with Gasteiger partial charge in [-0.25, -0.2) is 4.98 Å². The lowest BCUT2D eigenvalue weighted by atomic mass is 10.1. The zero-order valence-electron chi connectivity index (χ0n) is 13.2. The highest BCUT2D eigenvalue weighted by atomic mass is 32.1. The maximum Gasteiger partial charge on any atom is 0.226 e. The number of carbonyl (C=O) groups excluding carboxylic acids is 2. The van der Waals surface area contributed by atoms with Crippen LogP contribution < -0.4 is 14.8 Å². The van der Waals surface area contributed by atoms with Gasteiger partial charge >= 0.3 is 0 Å². The lowest BCUT2D eigenvalue weighted by Gasteiger charge is -2.12. The number of hydrogen-bond donors (Lipinski definition) is 1. The van der Waals surface area contributed by atoms with Crippen LogP contribution in [0.1, 0.15) is 28.6 Å². The Balaban J connectivity index is 1.97. The van der Waals surface area contributed by atoms with Crippen LogP contribution >= 0.6 is 11.3 Å². The van der Waals surface area contributed by atoms with Crippen molar-refractivity contribution >= 4 is 28.2 Å². The van der Waals surface area contributed by atoms with E-state index in [1.54, 1.807) is 20.3 Å². The molecule has 122 valence electrons. The molecule has 0 spiro atoms. The quantitative estimate of drug-likeness (QED) is 0.788. The van der Waals surface area contributed by atoms with Gasteiger partial charge in [0.25, 0.3) is 0 Å². The van der Waals surface area contributed by atoms with E-state index in [4.69, 9.17) is 9.47 Å². The Morgan fingerprint density at radius 3 is 2.65 bits per heavy atom. The fraction of sp³-hybridized carbons (Fsp3) is 0.312. The predicted molar refractivity (Wildman–Crippen MR) is 88.6 cm³/mol. The Morgan fingerprint density at radius 2 is 2.04 bits per heavy atom. The van der Waals surface area contributed by atoms with Crippen molar-refractivity contribution in [2.75, 3.05) is 19.5 Å². The molecule has 0 aliphatic rings. The van der Waals surface area contributed by atoms with Gasteiger partial charge in [-0.3, -0.25) is 9.59 Å². The number of aromatic nitrogens is 1. The van der Waals surface area contributed by atoms with Gasteiger partial charge in [-0.15, -0.1) is 0 Å². The zero-order chi connectivity index (χ0) is 16.8. The summed E-state index contributed by atoms with van der Waals surface area (Å²) in [5.74, 6) is 1.04. The first-order valence-electron chi connectivity index (χ1n) is 7.01. The number of aryl methyl sites for hydroxylation is 1. The molecule has 0 unspecified atom stereocenters. The van der Waals surface area contributed by atoms with E-state index < -0.39 is 0 Å². The Hall–Kier alpha value is -2.41. The number of carbonyl (C=O) groups is 2. The average molecular weight is 334 g/mol. The fourth-order valence-corrected chi connectivity index (χ4v) is 2.80. The third-order valence-corrected chi connectivity index (χ3v) is 4.22. The van der Waals surface area contributed by atoms with Gasteiger partial charge in [-0.2, -0.15) is 0 Å². The van der Waals surface area contributed by atoms with E-state index >= 15 is 0 Å². The lowest BCUT2D eigenvalue weighted by Crippen LogP contribution is -2.12. The van der Waals surface area contributed by atoms with E-state index in [9.17, 15) is 9.59 Å². The summed E-state index contributed by atoms with van der Waals surface area (Å²) in [6, 6.07) is 5.56. The third-order valence-electron chi connectivity index (χ3n) is 3.20. The van der Waals surface area contributed by atoms with Crippen LogP contribution in [-0.4, -0.2) is 30.9 Å². The number of Topliss-reactive ketones (excluding diaryl/α,β-unsaturated/α-hetero) is 1. The molecule has 6 nitrogen and oxygen atoms in total. The second kappa shape index (κ2) is 7.73. The Morgan fingerprint density at radius 1 is 1.26 bits per heavy atom. The average Bonchev–Trinajstić information content (AvgIpc) is 3.01. The van der Waals surface area contributed by atoms with Crippen LogP contribution in [0.25, 0.3) is 0 Å². The normalized spacial score (nSPS) is 10.2. The maximum atomic E-state index is 12.0. The first-order chi connectivity index (χ1) is 11.0. The number of nitrogens with zero attached hydrogens (tertiary/aromatic N) is 1. The Bertz CT molecular complexity index is 712. The second-order valence-corrected chi connectivity index (χ2v) is 5.82. The van der Waals surface area contributed by atoms with E-state index in [1.807, 2.05) is 12.1 Å². The van der Waals surface area contributed by atoms with Crippen molar-refractivity contribution in [1.82, 2.24) is 4.98 Å². The standard InChI is InChI=1S/C16H18N2O4S/c1-10(19)13-9-17-16(23-13)18-14(20)8-7-11-5-4-6-12(21-2)15(11)22-3/h4-6,9H,7-8H2,1-3H3,(H,17,18,20). The molecule has 1 aromatic carbocycles. The monoisotopic (exact) mass is 334 g/mol. The molecule has 0 aliphatic carbocycles. The second-order valence-electron chi connectivity index (χ2n) is 4.79. The van der Waals surface area contributed by atoms with Gasteiger partial charge in [0.1, 0.15) is 0 Å². The van der Waals surface area contributed by atoms with Crippen molar-refractivity contribution in [2.24, 2.45) is 0 Å². The van der Waals surface area contributed by atoms with Crippen LogP contribution in [0.2, 0.25) is 0 Å².